The van der Waals surface area contributed by atoms with Crippen molar-refractivity contribution in [1.82, 2.24) is 0 Å². The smallest absolute Gasteiger partial charge is 0.339 e. The van der Waals surface area contributed by atoms with Gasteiger partial charge in [-0.25, -0.2) is 4.79 Å². The summed E-state index contributed by atoms with van der Waals surface area (Å²) in [5.74, 6) is -1.85. The van der Waals surface area contributed by atoms with E-state index in [0.717, 1.165) is 18.2 Å². The Kier molecular flexibility index (Phi) is 6.48. The van der Waals surface area contributed by atoms with Crippen molar-refractivity contribution >= 4 is 23.3 Å². The van der Waals surface area contributed by atoms with Crippen LogP contribution in [0.5, 0.6) is 11.5 Å². The van der Waals surface area contributed by atoms with E-state index in [1.54, 1.807) is 6.07 Å². The first-order valence-electron chi connectivity index (χ1n) is 7.94. The third-order valence-corrected chi connectivity index (χ3v) is 3.65. The van der Waals surface area contributed by atoms with Gasteiger partial charge in [-0.05, 0) is 31.2 Å². The van der Waals surface area contributed by atoms with Crippen molar-refractivity contribution in [3.8, 4) is 11.5 Å². The fraction of sp³-hybridized carbons (Fsp3) is 0.222. The Morgan fingerprint density at radius 2 is 1.71 bits per heavy atom. The van der Waals surface area contributed by atoms with Crippen molar-refractivity contribution in [2.75, 3.05) is 19.5 Å². The lowest BCUT2D eigenvalue weighted by Crippen LogP contribution is -2.30. The van der Waals surface area contributed by atoms with Crippen molar-refractivity contribution in [2.24, 2.45) is 0 Å². The van der Waals surface area contributed by atoms with Gasteiger partial charge in [-0.1, -0.05) is 0 Å². The lowest BCUT2D eigenvalue weighted by atomic mass is 10.2. The number of nitro groups is 1. The number of nitro benzene ring substituents is 1. The maximum atomic E-state index is 13.4. The monoisotopic (exact) mass is 392 g/mol. The van der Waals surface area contributed by atoms with E-state index < -0.39 is 34.4 Å². The van der Waals surface area contributed by atoms with Crippen LogP contribution >= 0.6 is 0 Å². The zero-order chi connectivity index (χ0) is 20.8. The number of carbonyl (C=O) groups excluding carboxylic acids is 2. The van der Waals surface area contributed by atoms with E-state index in [0.29, 0.717) is 11.5 Å². The molecule has 0 unspecified atom stereocenters. The number of carbonyl (C=O) groups is 2. The van der Waals surface area contributed by atoms with E-state index >= 15 is 0 Å². The molecule has 0 aliphatic rings. The van der Waals surface area contributed by atoms with E-state index in [4.69, 9.17) is 14.2 Å². The molecule has 2 rings (SSSR count). The first-order chi connectivity index (χ1) is 13.2. The molecule has 0 spiro atoms. The average Bonchev–Trinajstić information content (AvgIpc) is 2.68. The van der Waals surface area contributed by atoms with Crippen molar-refractivity contribution in [3.05, 3.63) is 57.9 Å². The Hall–Kier alpha value is -3.69. The molecular formula is C18H17FN2O7. The molecule has 0 radical (unpaired) electrons. The second-order valence-corrected chi connectivity index (χ2v) is 5.56. The van der Waals surface area contributed by atoms with Crippen LogP contribution in [0.25, 0.3) is 0 Å². The standard InChI is InChI=1S/C18H17FN2O7/c1-10(17(22)20-12-4-5-15(19)16(8-12)21(24)25)28-18(23)11-6-13(26-2)9-14(7-11)27-3/h4-10H,1-3H3,(H,20,22)/t10-/m1/s1. The minimum absolute atomic E-state index is 0.0101. The van der Waals surface area contributed by atoms with Crippen molar-refractivity contribution in [2.45, 2.75) is 13.0 Å². The molecule has 1 N–H and O–H groups in total. The van der Waals surface area contributed by atoms with E-state index in [2.05, 4.69) is 5.32 Å². The highest BCUT2D eigenvalue weighted by atomic mass is 19.1. The highest BCUT2D eigenvalue weighted by molar-refractivity contribution is 5.97. The summed E-state index contributed by atoms with van der Waals surface area (Å²) in [6.45, 7) is 1.32. The third-order valence-electron chi connectivity index (χ3n) is 3.65. The molecule has 0 saturated carbocycles. The van der Waals surface area contributed by atoms with E-state index in [9.17, 15) is 24.1 Å². The maximum Gasteiger partial charge on any atom is 0.339 e. The molecule has 148 valence electrons. The number of hydrogen-bond acceptors (Lipinski definition) is 7. The SMILES string of the molecule is COc1cc(OC)cc(C(=O)O[C@H](C)C(=O)Nc2ccc(F)c([N+](=O)[O-])c2)c1. The van der Waals surface area contributed by atoms with Crippen LogP contribution in [0.3, 0.4) is 0 Å². The third kappa shape index (κ3) is 4.93. The second-order valence-electron chi connectivity index (χ2n) is 5.56. The zero-order valence-electron chi connectivity index (χ0n) is 15.2. The van der Waals surface area contributed by atoms with Gasteiger partial charge in [-0.3, -0.25) is 14.9 Å². The van der Waals surface area contributed by atoms with Gasteiger partial charge in [-0.2, -0.15) is 4.39 Å². The molecule has 0 bridgehead atoms. The quantitative estimate of drug-likeness (QED) is 0.437. The van der Waals surface area contributed by atoms with Crippen molar-refractivity contribution in [3.63, 3.8) is 0 Å². The lowest BCUT2D eigenvalue weighted by molar-refractivity contribution is -0.387. The number of rotatable bonds is 7. The summed E-state index contributed by atoms with van der Waals surface area (Å²) in [6, 6.07) is 7.27. The fourth-order valence-corrected chi connectivity index (χ4v) is 2.18. The molecule has 1 amide bonds. The fourth-order valence-electron chi connectivity index (χ4n) is 2.18. The van der Waals surface area contributed by atoms with Gasteiger partial charge in [0.2, 0.25) is 5.82 Å². The van der Waals surface area contributed by atoms with Crippen LogP contribution in [0.15, 0.2) is 36.4 Å². The number of anilines is 1. The van der Waals surface area contributed by atoms with Crippen LogP contribution < -0.4 is 14.8 Å². The van der Waals surface area contributed by atoms with Crippen LogP contribution in [-0.2, 0) is 9.53 Å². The minimum Gasteiger partial charge on any atom is -0.497 e. The van der Waals surface area contributed by atoms with Crippen LogP contribution in [0.2, 0.25) is 0 Å². The maximum absolute atomic E-state index is 13.4. The van der Waals surface area contributed by atoms with Gasteiger partial charge in [0.1, 0.15) is 11.5 Å². The lowest BCUT2D eigenvalue weighted by Gasteiger charge is -2.14. The van der Waals surface area contributed by atoms with Crippen molar-refractivity contribution < 1.29 is 33.1 Å². The van der Waals surface area contributed by atoms with Gasteiger partial charge in [0, 0.05) is 17.8 Å². The summed E-state index contributed by atoms with van der Waals surface area (Å²) in [4.78, 5) is 34.3. The van der Waals surface area contributed by atoms with Crippen LogP contribution in [-0.4, -0.2) is 37.1 Å². The highest BCUT2D eigenvalue weighted by Crippen LogP contribution is 2.24. The zero-order valence-corrected chi connectivity index (χ0v) is 15.2. The molecule has 9 nitrogen and oxygen atoms in total. The number of halogens is 1. The Morgan fingerprint density at radius 3 is 2.25 bits per heavy atom. The number of benzene rings is 2. The number of amides is 1. The number of nitrogens with zero attached hydrogens (tertiary/aromatic N) is 1. The molecule has 0 saturated heterocycles. The summed E-state index contributed by atoms with van der Waals surface area (Å²) in [6.07, 6.45) is -1.23. The normalized spacial score (nSPS) is 11.3. The highest BCUT2D eigenvalue weighted by Gasteiger charge is 2.22. The van der Waals surface area contributed by atoms with Gasteiger partial charge in [-0.15, -0.1) is 0 Å². The van der Waals surface area contributed by atoms with Gasteiger partial charge < -0.3 is 19.5 Å². The summed E-state index contributed by atoms with van der Waals surface area (Å²) in [7, 11) is 2.84. The number of methoxy groups -OCH3 is 2. The predicted octanol–water partition coefficient (Wildman–Crippen LogP) is 2.94. The Morgan fingerprint density at radius 1 is 1.11 bits per heavy atom. The molecule has 0 heterocycles. The van der Waals surface area contributed by atoms with E-state index in [1.165, 1.54) is 33.3 Å². The van der Waals surface area contributed by atoms with Gasteiger partial charge >= 0.3 is 11.7 Å². The Labute approximate surface area is 159 Å². The number of hydrogen-bond donors (Lipinski definition) is 1. The van der Waals surface area contributed by atoms with Gasteiger partial charge in [0.05, 0.1) is 24.7 Å². The summed E-state index contributed by atoms with van der Waals surface area (Å²) < 4.78 is 28.6. The van der Waals surface area contributed by atoms with Crippen LogP contribution in [0, 0.1) is 15.9 Å². The molecular weight excluding hydrogens is 375 g/mol. The Bertz CT molecular complexity index is 895. The topological polar surface area (TPSA) is 117 Å². The molecule has 2 aromatic carbocycles. The van der Waals surface area contributed by atoms with Crippen LogP contribution in [0.1, 0.15) is 17.3 Å². The minimum atomic E-state index is -1.23. The molecule has 0 aromatic heterocycles. The molecule has 10 heteroatoms. The van der Waals surface area contributed by atoms with Gasteiger partial charge in [0.25, 0.3) is 5.91 Å². The first-order valence-corrected chi connectivity index (χ1v) is 7.94. The second kappa shape index (κ2) is 8.80. The molecule has 0 fully saturated rings. The average molecular weight is 392 g/mol. The molecule has 0 aliphatic carbocycles. The number of esters is 1. The summed E-state index contributed by atoms with van der Waals surface area (Å²) >= 11 is 0. The molecule has 28 heavy (non-hydrogen) atoms. The van der Waals surface area contributed by atoms with E-state index in [-0.39, 0.29) is 11.3 Å². The molecule has 1 atom stereocenters. The number of nitrogens with one attached hydrogen (secondary N) is 1. The Balaban J connectivity index is 2.09. The van der Waals surface area contributed by atoms with Gasteiger partial charge in [0.15, 0.2) is 6.10 Å². The summed E-state index contributed by atoms with van der Waals surface area (Å²) in [5.41, 5.74) is -0.691. The predicted molar refractivity (Wildman–Crippen MR) is 96.1 cm³/mol. The first kappa shape index (κ1) is 20.6. The molecule has 2 aromatic rings. The largest absolute Gasteiger partial charge is 0.497 e. The molecule has 0 aliphatic heterocycles. The van der Waals surface area contributed by atoms with Crippen molar-refractivity contribution in [1.29, 1.82) is 0 Å². The van der Waals surface area contributed by atoms with E-state index in [1.807, 2.05) is 0 Å². The van der Waals surface area contributed by atoms with Crippen LogP contribution in [0.4, 0.5) is 15.8 Å². The number of ether oxygens (including phenoxy) is 3. The summed E-state index contributed by atoms with van der Waals surface area (Å²) in [5, 5.41) is 13.1.